The number of esters is 4. The number of hydrogen-bond acceptors (Lipinski definition) is 15. The molecular weight excluding hydrogens is 1040 g/mol. The van der Waals surface area contributed by atoms with Crippen LogP contribution in [0, 0.1) is 5.92 Å². The summed E-state index contributed by atoms with van der Waals surface area (Å²) < 4.78 is 67.7. The van der Waals surface area contributed by atoms with Crippen LogP contribution >= 0.6 is 15.6 Å². The largest absolute Gasteiger partial charge is 0.472 e. The van der Waals surface area contributed by atoms with Crippen molar-refractivity contribution in [1.82, 2.24) is 0 Å². The van der Waals surface area contributed by atoms with Gasteiger partial charge in [-0.1, -0.05) is 240 Å². The van der Waals surface area contributed by atoms with Gasteiger partial charge in [0.2, 0.25) is 0 Å². The summed E-state index contributed by atoms with van der Waals surface area (Å²) in [6.45, 7) is 7.04. The Hall–Kier alpha value is -1.94. The summed E-state index contributed by atoms with van der Waals surface area (Å²) >= 11 is 0. The molecule has 17 nitrogen and oxygen atoms in total. The SMILES string of the molecule is CCCCCCCCCCCCCC(=O)O[C@H](COC(=O)CCCCCCCCC(C)C)COP(=O)(O)OC[C@@H](O)COP(=O)(O)OC[C@@H](COC(=O)CCCCCCCCCCC)OC(=O)CCCCCCCCCCC. The Morgan fingerprint density at radius 1 is 0.346 bits per heavy atom. The predicted molar refractivity (Wildman–Crippen MR) is 308 cm³/mol. The number of hydrogen-bond donors (Lipinski definition) is 3. The summed E-state index contributed by atoms with van der Waals surface area (Å²) in [7, 11) is -9.87. The smallest absolute Gasteiger partial charge is 0.462 e. The summed E-state index contributed by atoms with van der Waals surface area (Å²) in [6, 6.07) is 0. The van der Waals surface area contributed by atoms with E-state index >= 15 is 0 Å². The van der Waals surface area contributed by atoms with E-state index in [4.69, 9.17) is 37.0 Å². The van der Waals surface area contributed by atoms with Crippen molar-refractivity contribution >= 4 is 39.5 Å². The van der Waals surface area contributed by atoms with E-state index in [1.54, 1.807) is 0 Å². The molecule has 0 fully saturated rings. The molecule has 78 heavy (non-hydrogen) atoms. The Morgan fingerprint density at radius 3 is 0.872 bits per heavy atom. The Bertz CT molecular complexity index is 1530. The first-order chi connectivity index (χ1) is 37.5. The molecule has 3 N–H and O–H groups in total. The molecule has 0 saturated carbocycles. The number of phosphoric ester groups is 2. The number of unbranched alkanes of at least 4 members (excludes halogenated alkanes) is 31. The molecule has 19 heteroatoms. The van der Waals surface area contributed by atoms with Crippen LogP contribution in [0.4, 0.5) is 0 Å². The monoisotopic (exact) mass is 1160 g/mol. The zero-order valence-electron chi connectivity index (χ0n) is 49.8. The molecule has 0 bridgehead atoms. The highest BCUT2D eigenvalue weighted by Crippen LogP contribution is 2.45. The van der Waals surface area contributed by atoms with Crippen molar-refractivity contribution in [2.24, 2.45) is 5.92 Å². The van der Waals surface area contributed by atoms with Crippen molar-refractivity contribution in [1.29, 1.82) is 0 Å². The average Bonchev–Trinajstić information content (AvgIpc) is 3.40. The number of phosphoric acid groups is 2. The van der Waals surface area contributed by atoms with E-state index in [-0.39, 0.29) is 25.7 Å². The second kappa shape index (κ2) is 53.1. The van der Waals surface area contributed by atoms with E-state index in [1.807, 2.05) is 0 Å². The summed E-state index contributed by atoms with van der Waals surface area (Å²) in [5.74, 6) is -1.46. The van der Waals surface area contributed by atoms with Crippen molar-refractivity contribution in [3.8, 4) is 0 Å². The zero-order valence-corrected chi connectivity index (χ0v) is 51.6. The van der Waals surface area contributed by atoms with Crippen LogP contribution in [-0.4, -0.2) is 96.7 Å². The van der Waals surface area contributed by atoms with Gasteiger partial charge in [-0.2, -0.15) is 0 Å². The third-order valence-electron chi connectivity index (χ3n) is 13.5. The van der Waals surface area contributed by atoms with Crippen LogP contribution in [0.1, 0.15) is 291 Å². The van der Waals surface area contributed by atoms with Crippen LogP contribution in [0.2, 0.25) is 0 Å². The first-order valence-electron chi connectivity index (χ1n) is 31.1. The lowest BCUT2D eigenvalue weighted by Crippen LogP contribution is -2.30. The van der Waals surface area contributed by atoms with Gasteiger partial charge in [0, 0.05) is 25.7 Å². The van der Waals surface area contributed by atoms with E-state index in [0.717, 1.165) is 96.3 Å². The van der Waals surface area contributed by atoms with Crippen LogP contribution in [0.15, 0.2) is 0 Å². The first kappa shape index (κ1) is 76.1. The Balaban J connectivity index is 5.22. The molecule has 0 aliphatic carbocycles. The quantitative estimate of drug-likeness (QED) is 0.0222. The van der Waals surface area contributed by atoms with Gasteiger partial charge >= 0.3 is 39.5 Å². The molecule has 0 amide bonds. The first-order valence-corrected chi connectivity index (χ1v) is 34.1. The van der Waals surface area contributed by atoms with Gasteiger partial charge in [-0.25, -0.2) is 9.13 Å². The zero-order chi connectivity index (χ0) is 57.8. The van der Waals surface area contributed by atoms with Gasteiger partial charge < -0.3 is 33.8 Å². The van der Waals surface area contributed by atoms with E-state index < -0.39 is 97.5 Å². The van der Waals surface area contributed by atoms with Crippen LogP contribution in [0.5, 0.6) is 0 Å². The number of aliphatic hydroxyl groups excluding tert-OH is 1. The van der Waals surface area contributed by atoms with Gasteiger partial charge in [0.15, 0.2) is 12.2 Å². The minimum atomic E-state index is -4.94. The molecule has 0 heterocycles. The maximum absolute atomic E-state index is 12.9. The molecule has 0 radical (unpaired) electrons. The van der Waals surface area contributed by atoms with Gasteiger partial charge in [-0.05, 0) is 31.6 Å². The Kier molecular flexibility index (Phi) is 51.8. The van der Waals surface area contributed by atoms with Gasteiger partial charge in [0.25, 0.3) is 0 Å². The highest BCUT2D eigenvalue weighted by molar-refractivity contribution is 7.47. The minimum absolute atomic E-state index is 0.106. The number of rotatable bonds is 59. The maximum atomic E-state index is 12.9. The number of ether oxygens (including phenoxy) is 4. The molecule has 0 saturated heterocycles. The number of carbonyl (C=O) groups is 4. The Morgan fingerprint density at radius 2 is 0.590 bits per heavy atom. The maximum Gasteiger partial charge on any atom is 0.472 e. The van der Waals surface area contributed by atoms with Crippen molar-refractivity contribution < 1.29 is 80.2 Å². The lowest BCUT2D eigenvalue weighted by molar-refractivity contribution is -0.161. The second-order valence-electron chi connectivity index (χ2n) is 21.9. The van der Waals surface area contributed by atoms with Crippen molar-refractivity contribution in [3.05, 3.63) is 0 Å². The van der Waals surface area contributed by atoms with Crippen molar-refractivity contribution in [2.45, 2.75) is 310 Å². The lowest BCUT2D eigenvalue weighted by Gasteiger charge is -2.21. The molecule has 0 aromatic rings. The van der Waals surface area contributed by atoms with E-state index in [0.29, 0.717) is 31.6 Å². The molecular formula is C59H114O17P2. The van der Waals surface area contributed by atoms with Crippen LogP contribution in [-0.2, 0) is 65.4 Å². The molecule has 462 valence electrons. The van der Waals surface area contributed by atoms with Crippen LogP contribution in [0.25, 0.3) is 0 Å². The topological polar surface area (TPSA) is 237 Å². The van der Waals surface area contributed by atoms with Gasteiger partial charge in [0.1, 0.15) is 19.3 Å². The third-order valence-corrected chi connectivity index (χ3v) is 15.4. The normalized spacial score (nSPS) is 14.4. The van der Waals surface area contributed by atoms with E-state index in [1.165, 1.54) is 109 Å². The summed E-state index contributed by atoms with van der Waals surface area (Å²) in [4.78, 5) is 71.8. The van der Waals surface area contributed by atoms with E-state index in [2.05, 4.69) is 34.6 Å². The Labute approximate surface area is 473 Å². The predicted octanol–water partition coefficient (Wildman–Crippen LogP) is 15.8. The highest BCUT2D eigenvalue weighted by Gasteiger charge is 2.30. The van der Waals surface area contributed by atoms with Crippen LogP contribution in [0.3, 0.4) is 0 Å². The lowest BCUT2D eigenvalue weighted by atomic mass is 10.0. The van der Waals surface area contributed by atoms with Crippen molar-refractivity contribution in [2.75, 3.05) is 39.6 Å². The molecule has 0 aliphatic heterocycles. The molecule has 0 aromatic heterocycles. The van der Waals surface area contributed by atoms with Crippen LogP contribution < -0.4 is 0 Å². The summed E-state index contributed by atoms with van der Waals surface area (Å²) in [5.41, 5.74) is 0. The standard InChI is InChI=1S/C59H114O17P2/c1-6-9-12-15-18-21-22-25-28-35-40-45-59(64)76-55(49-70-57(62)43-38-33-30-29-31-36-41-52(4)5)51-74-78(67,68)72-47-53(60)46-71-77(65,66)73-50-54(75-58(63)44-39-34-27-24-20-17-14-11-8-3)48-69-56(61)42-37-32-26-23-19-16-13-10-7-2/h52-55,60H,6-51H2,1-5H3,(H,65,66)(H,67,68)/t53-,54+,55+/m0/s1. The number of aliphatic hydroxyl groups is 1. The fraction of sp³-hybridized carbons (Fsp3) is 0.932. The molecule has 0 rings (SSSR count). The highest BCUT2D eigenvalue weighted by atomic mass is 31.2. The fourth-order valence-corrected chi connectivity index (χ4v) is 10.3. The van der Waals surface area contributed by atoms with Gasteiger partial charge in [0.05, 0.1) is 26.4 Å². The fourth-order valence-electron chi connectivity index (χ4n) is 8.70. The molecule has 0 aliphatic rings. The summed E-state index contributed by atoms with van der Waals surface area (Å²) in [6.07, 6.45) is 34.9. The van der Waals surface area contributed by atoms with Gasteiger partial charge in [-0.15, -0.1) is 0 Å². The molecule has 2 unspecified atom stereocenters. The molecule has 0 aromatic carbocycles. The second-order valence-corrected chi connectivity index (χ2v) is 24.8. The molecule has 5 atom stereocenters. The van der Waals surface area contributed by atoms with E-state index in [9.17, 15) is 43.2 Å². The minimum Gasteiger partial charge on any atom is -0.462 e. The molecule has 0 spiro atoms. The van der Waals surface area contributed by atoms with Gasteiger partial charge in [-0.3, -0.25) is 37.3 Å². The average molecular weight is 1160 g/mol. The third kappa shape index (κ3) is 53.4. The summed E-state index contributed by atoms with van der Waals surface area (Å²) in [5, 5.41) is 10.5. The van der Waals surface area contributed by atoms with Crippen molar-refractivity contribution in [3.63, 3.8) is 0 Å². The number of carbonyl (C=O) groups excluding carboxylic acids is 4.